The summed E-state index contributed by atoms with van der Waals surface area (Å²) < 4.78 is 0.897. The molecule has 1 saturated heterocycles. The number of carbonyl (C=O) groups excluding carboxylic acids is 1. The van der Waals surface area contributed by atoms with Gasteiger partial charge in [-0.3, -0.25) is 9.69 Å². The summed E-state index contributed by atoms with van der Waals surface area (Å²) in [5, 5.41) is 20.8. The fourth-order valence-electron chi connectivity index (χ4n) is 4.68. The molecular formula is C22H25Cl2N7O3S. The lowest BCUT2D eigenvalue weighted by molar-refractivity contribution is -0.125. The van der Waals surface area contributed by atoms with Crippen LogP contribution in [0.4, 0.5) is 16.5 Å². The zero-order valence-electron chi connectivity index (χ0n) is 18.7. The lowest BCUT2D eigenvalue weighted by Crippen LogP contribution is -2.73. The van der Waals surface area contributed by atoms with Crippen LogP contribution in [0.25, 0.3) is 10.2 Å². The number of carboxylic acids is 1. The van der Waals surface area contributed by atoms with Gasteiger partial charge in [0.05, 0.1) is 27.2 Å². The number of hydrogen-bond acceptors (Lipinski definition) is 9. The molecule has 2 unspecified atom stereocenters. The number of piperazine rings is 1. The van der Waals surface area contributed by atoms with Crippen molar-refractivity contribution in [3.63, 3.8) is 0 Å². The van der Waals surface area contributed by atoms with Gasteiger partial charge >= 0.3 is 5.97 Å². The fraction of sp³-hybridized carbons (Fsp3) is 0.318. The van der Waals surface area contributed by atoms with Gasteiger partial charge < -0.3 is 31.7 Å². The zero-order valence-corrected chi connectivity index (χ0v) is 21.1. The van der Waals surface area contributed by atoms with Crippen molar-refractivity contribution in [2.24, 2.45) is 5.73 Å². The Bertz CT molecular complexity index is 1280. The molecule has 2 aromatic carbocycles. The molecule has 0 aliphatic carbocycles. The average molecular weight is 538 g/mol. The van der Waals surface area contributed by atoms with E-state index in [1.54, 1.807) is 24.3 Å². The van der Waals surface area contributed by atoms with E-state index in [2.05, 4.69) is 16.0 Å². The van der Waals surface area contributed by atoms with Crippen LogP contribution in [-0.2, 0) is 4.79 Å². The first-order valence-electron chi connectivity index (χ1n) is 10.8. The SMILES string of the molecule is CN1c2ccc(C(=O)O)cc2NC1(Nc1nc2ccc(Cl)cc2s1)C(C(N)=O)N1CCNCC1.Cl. The molecule has 5 rings (SSSR count). The van der Waals surface area contributed by atoms with Gasteiger partial charge in [0.2, 0.25) is 11.7 Å². The molecule has 0 saturated carbocycles. The van der Waals surface area contributed by atoms with Crippen LogP contribution < -0.4 is 26.6 Å². The van der Waals surface area contributed by atoms with Gasteiger partial charge in [0.1, 0.15) is 0 Å². The highest BCUT2D eigenvalue weighted by Gasteiger charge is 2.54. The molecule has 0 bridgehead atoms. The third-order valence-electron chi connectivity index (χ3n) is 6.29. The van der Waals surface area contributed by atoms with E-state index in [0.29, 0.717) is 28.9 Å². The number of carboxylic acid groups (broad SMARTS) is 1. The van der Waals surface area contributed by atoms with E-state index in [1.807, 2.05) is 29.0 Å². The van der Waals surface area contributed by atoms with E-state index >= 15 is 0 Å². The molecule has 10 nitrogen and oxygen atoms in total. The number of amides is 1. The van der Waals surface area contributed by atoms with Gasteiger partial charge in [0, 0.05) is 38.2 Å². The minimum absolute atomic E-state index is 0. The van der Waals surface area contributed by atoms with E-state index in [1.165, 1.54) is 11.3 Å². The number of thiazole rings is 1. The quantitative estimate of drug-likeness (QED) is 0.321. The maximum absolute atomic E-state index is 13.0. The van der Waals surface area contributed by atoms with Crippen LogP contribution in [0.3, 0.4) is 0 Å². The smallest absolute Gasteiger partial charge is 0.335 e. The van der Waals surface area contributed by atoms with Crippen molar-refractivity contribution in [3.05, 3.63) is 47.0 Å². The number of fused-ring (bicyclic) bond motifs is 2. The normalized spacial score (nSPS) is 20.6. The highest BCUT2D eigenvalue weighted by molar-refractivity contribution is 7.22. The Morgan fingerprint density at radius 2 is 2.00 bits per heavy atom. The number of aromatic carboxylic acids is 1. The second-order valence-electron chi connectivity index (χ2n) is 8.33. The highest BCUT2D eigenvalue weighted by atomic mass is 35.5. The summed E-state index contributed by atoms with van der Waals surface area (Å²) in [6.07, 6.45) is 0. The lowest BCUT2D eigenvalue weighted by Gasteiger charge is -2.47. The van der Waals surface area contributed by atoms with Gasteiger partial charge in [-0.15, -0.1) is 12.4 Å². The maximum atomic E-state index is 13.0. The molecule has 1 aromatic heterocycles. The third-order valence-corrected chi connectivity index (χ3v) is 7.46. The second-order valence-corrected chi connectivity index (χ2v) is 9.80. The predicted molar refractivity (Wildman–Crippen MR) is 141 cm³/mol. The van der Waals surface area contributed by atoms with Crippen molar-refractivity contribution in [1.29, 1.82) is 0 Å². The van der Waals surface area contributed by atoms with Gasteiger partial charge in [-0.1, -0.05) is 22.9 Å². The van der Waals surface area contributed by atoms with Crippen LogP contribution in [-0.4, -0.2) is 71.9 Å². The summed E-state index contributed by atoms with van der Waals surface area (Å²) in [6, 6.07) is 9.49. The number of anilines is 3. The maximum Gasteiger partial charge on any atom is 0.335 e. The molecule has 2 aliphatic rings. The number of benzene rings is 2. The molecule has 35 heavy (non-hydrogen) atoms. The van der Waals surface area contributed by atoms with Crippen LogP contribution in [0.1, 0.15) is 10.4 Å². The second kappa shape index (κ2) is 9.67. The Labute approximate surface area is 216 Å². The number of nitrogens with zero attached hydrogens (tertiary/aromatic N) is 3. The summed E-state index contributed by atoms with van der Waals surface area (Å²) in [5.41, 5.74) is 8.26. The van der Waals surface area contributed by atoms with E-state index < -0.39 is 23.7 Å². The molecule has 3 aromatic rings. The summed E-state index contributed by atoms with van der Waals surface area (Å²) >= 11 is 7.57. The van der Waals surface area contributed by atoms with Crippen LogP contribution in [0.15, 0.2) is 36.4 Å². The molecule has 0 spiro atoms. The number of aromatic nitrogens is 1. The first kappa shape index (κ1) is 25.3. The van der Waals surface area contributed by atoms with Gasteiger partial charge in [0.25, 0.3) is 0 Å². The largest absolute Gasteiger partial charge is 0.478 e. The Balaban J connectivity index is 0.00000289. The Kier molecular flexibility index (Phi) is 6.98. The molecule has 6 N–H and O–H groups in total. The fourth-order valence-corrected chi connectivity index (χ4v) is 5.88. The molecule has 3 heterocycles. The summed E-state index contributed by atoms with van der Waals surface area (Å²) in [5.74, 6) is -2.75. The van der Waals surface area contributed by atoms with Crippen LogP contribution in [0.2, 0.25) is 5.02 Å². The minimum Gasteiger partial charge on any atom is -0.478 e. The standard InChI is InChI=1S/C22H24ClN7O3S.ClH/c1-29-16-5-2-12(20(32)33)10-15(16)27-22(29,18(19(24)31)30-8-6-25-7-9-30)28-21-26-14-4-3-13(23)11-17(14)34-21;/h2-5,10-11,18,25,27H,6-9H2,1H3,(H2,24,31)(H,26,28)(H,32,33);1H. The molecule has 2 atom stereocenters. The van der Waals surface area contributed by atoms with E-state index in [0.717, 1.165) is 29.0 Å². The van der Waals surface area contributed by atoms with Gasteiger partial charge in [0.15, 0.2) is 11.2 Å². The van der Waals surface area contributed by atoms with Crippen LogP contribution in [0.5, 0.6) is 0 Å². The van der Waals surface area contributed by atoms with Gasteiger partial charge in [-0.05, 0) is 36.4 Å². The number of nitrogens with two attached hydrogens (primary N) is 1. The summed E-state index contributed by atoms with van der Waals surface area (Å²) in [6.45, 7) is 2.69. The average Bonchev–Trinajstić information content (AvgIpc) is 3.31. The van der Waals surface area contributed by atoms with E-state index in [4.69, 9.17) is 22.3 Å². The number of hydrogen-bond donors (Lipinski definition) is 5. The first-order valence-corrected chi connectivity index (χ1v) is 12.0. The number of primary amides is 1. The van der Waals surface area contributed by atoms with E-state index in [9.17, 15) is 14.7 Å². The third kappa shape index (κ3) is 4.45. The monoisotopic (exact) mass is 537 g/mol. The molecule has 1 amide bonds. The Morgan fingerprint density at radius 1 is 1.26 bits per heavy atom. The molecule has 2 aliphatic heterocycles. The van der Waals surface area contributed by atoms with E-state index in [-0.39, 0.29) is 18.0 Å². The molecule has 186 valence electrons. The molecule has 13 heteroatoms. The topological polar surface area (TPSA) is 136 Å². The Hall–Kier alpha value is -2.83. The number of carbonyl (C=O) groups is 2. The predicted octanol–water partition coefficient (Wildman–Crippen LogP) is 2.46. The number of nitrogens with one attached hydrogen (secondary N) is 3. The van der Waals surface area contributed by atoms with Crippen molar-refractivity contribution >= 4 is 73.9 Å². The minimum atomic E-state index is -1.21. The lowest BCUT2D eigenvalue weighted by atomic mass is 10.0. The summed E-state index contributed by atoms with van der Waals surface area (Å²) in [7, 11) is 1.84. The summed E-state index contributed by atoms with van der Waals surface area (Å²) in [4.78, 5) is 33.2. The molecule has 0 radical (unpaired) electrons. The number of halogens is 2. The van der Waals surface area contributed by atoms with Gasteiger partial charge in [-0.2, -0.15) is 0 Å². The Morgan fingerprint density at radius 3 is 2.69 bits per heavy atom. The number of rotatable bonds is 6. The first-order chi connectivity index (χ1) is 16.3. The number of likely N-dealkylation sites (N-methyl/N-ethyl adjacent to an activating group) is 1. The zero-order chi connectivity index (χ0) is 24.0. The van der Waals surface area contributed by atoms with Crippen molar-refractivity contribution in [2.75, 3.05) is 48.8 Å². The van der Waals surface area contributed by atoms with Crippen molar-refractivity contribution in [3.8, 4) is 0 Å². The van der Waals surface area contributed by atoms with Gasteiger partial charge in [-0.25, -0.2) is 9.78 Å². The highest BCUT2D eigenvalue weighted by Crippen LogP contribution is 2.43. The van der Waals surface area contributed by atoms with Crippen LogP contribution >= 0.6 is 35.3 Å². The van der Waals surface area contributed by atoms with Crippen molar-refractivity contribution in [1.82, 2.24) is 15.2 Å². The van der Waals surface area contributed by atoms with Crippen molar-refractivity contribution in [2.45, 2.75) is 11.8 Å². The molecule has 1 fully saturated rings. The van der Waals surface area contributed by atoms with Crippen molar-refractivity contribution < 1.29 is 14.7 Å². The van der Waals surface area contributed by atoms with Crippen LogP contribution in [0, 0.1) is 0 Å². The molecular weight excluding hydrogens is 513 g/mol.